The van der Waals surface area contributed by atoms with Crippen LogP contribution in [0.25, 0.3) is 0 Å². The predicted octanol–water partition coefficient (Wildman–Crippen LogP) is 3.68. The fourth-order valence-corrected chi connectivity index (χ4v) is 2.07. The van der Waals surface area contributed by atoms with E-state index >= 15 is 0 Å². The van der Waals surface area contributed by atoms with E-state index < -0.39 is 11.7 Å². The molecule has 0 aliphatic carbocycles. The summed E-state index contributed by atoms with van der Waals surface area (Å²) in [4.78, 5) is 0. The Kier molecular flexibility index (Phi) is 3.80. The average Bonchev–Trinajstić information content (AvgIpc) is 2.72. The van der Waals surface area contributed by atoms with Crippen molar-refractivity contribution in [3.05, 3.63) is 29.8 Å². The first-order valence-corrected chi connectivity index (χ1v) is 6.02. The van der Waals surface area contributed by atoms with Crippen LogP contribution in [0.3, 0.4) is 0 Å². The van der Waals surface area contributed by atoms with Crippen molar-refractivity contribution in [1.29, 1.82) is 0 Å². The molecule has 1 saturated heterocycles. The third-order valence-electron chi connectivity index (χ3n) is 3.04. The van der Waals surface area contributed by atoms with E-state index in [0.717, 1.165) is 25.0 Å². The van der Waals surface area contributed by atoms with Crippen LogP contribution in [-0.2, 0) is 10.9 Å². The van der Waals surface area contributed by atoms with Crippen LogP contribution in [0.15, 0.2) is 24.3 Å². The summed E-state index contributed by atoms with van der Waals surface area (Å²) in [6, 6.07) is 5.23. The van der Waals surface area contributed by atoms with Crippen molar-refractivity contribution in [2.45, 2.75) is 38.1 Å². The highest BCUT2D eigenvalue weighted by molar-refractivity contribution is 5.46. The van der Waals surface area contributed by atoms with E-state index in [4.69, 9.17) is 4.74 Å². The highest BCUT2D eigenvalue weighted by Crippen LogP contribution is 2.30. The molecule has 2 nitrogen and oxygen atoms in total. The van der Waals surface area contributed by atoms with E-state index in [1.807, 2.05) is 6.92 Å². The molecule has 1 heterocycles. The maximum absolute atomic E-state index is 12.5. The van der Waals surface area contributed by atoms with Gasteiger partial charge in [0.05, 0.1) is 17.8 Å². The van der Waals surface area contributed by atoms with Crippen molar-refractivity contribution in [3.8, 4) is 0 Å². The second-order valence-electron chi connectivity index (χ2n) is 4.61. The van der Waals surface area contributed by atoms with Crippen LogP contribution in [-0.4, -0.2) is 18.8 Å². The Bertz CT molecular complexity index is 405. The molecule has 2 rings (SSSR count). The van der Waals surface area contributed by atoms with Gasteiger partial charge in [-0.3, -0.25) is 0 Å². The van der Waals surface area contributed by atoms with E-state index in [9.17, 15) is 13.2 Å². The van der Waals surface area contributed by atoms with Crippen LogP contribution in [0.2, 0.25) is 0 Å². The summed E-state index contributed by atoms with van der Waals surface area (Å²) in [5.41, 5.74) is -0.152. The number of rotatable bonds is 3. The Morgan fingerprint density at radius 2 is 2.11 bits per heavy atom. The van der Waals surface area contributed by atoms with Crippen molar-refractivity contribution in [1.82, 2.24) is 0 Å². The van der Waals surface area contributed by atoms with E-state index in [-0.39, 0.29) is 12.2 Å². The molecule has 0 saturated carbocycles. The lowest BCUT2D eigenvalue weighted by Gasteiger charge is -2.14. The molecule has 1 aromatic carbocycles. The van der Waals surface area contributed by atoms with Crippen LogP contribution < -0.4 is 5.32 Å². The molecule has 0 bridgehead atoms. The summed E-state index contributed by atoms with van der Waals surface area (Å²) < 4.78 is 43.1. The molecule has 2 unspecified atom stereocenters. The number of hydrogen-bond acceptors (Lipinski definition) is 2. The standard InChI is InChI=1S/C13H16F3NO/c1-9-5-6-12(18-9)8-17-11-4-2-3-10(7-11)13(14,15)16/h2-4,7,9,12,17H,5-6,8H2,1H3. The molecule has 0 amide bonds. The van der Waals surface area contributed by atoms with E-state index in [0.29, 0.717) is 12.2 Å². The van der Waals surface area contributed by atoms with E-state index in [1.54, 1.807) is 6.07 Å². The highest BCUT2D eigenvalue weighted by atomic mass is 19.4. The Morgan fingerprint density at radius 3 is 2.72 bits per heavy atom. The largest absolute Gasteiger partial charge is 0.416 e. The lowest BCUT2D eigenvalue weighted by molar-refractivity contribution is -0.137. The predicted molar refractivity (Wildman–Crippen MR) is 63.5 cm³/mol. The lowest BCUT2D eigenvalue weighted by atomic mass is 10.1. The molecule has 1 aliphatic heterocycles. The van der Waals surface area contributed by atoms with E-state index in [2.05, 4.69) is 5.32 Å². The smallest absolute Gasteiger partial charge is 0.382 e. The number of nitrogens with one attached hydrogen (secondary N) is 1. The van der Waals surface area contributed by atoms with Crippen LogP contribution in [0, 0.1) is 0 Å². The number of benzene rings is 1. The van der Waals surface area contributed by atoms with Gasteiger partial charge in [-0.25, -0.2) is 0 Å². The monoisotopic (exact) mass is 259 g/mol. The summed E-state index contributed by atoms with van der Waals surface area (Å²) in [5.74, 6) is 0. The highest BCUT2D eigenvalue weighted by Gasteiger charge is 2.30. The summed E-state index contributed by atoms with van der Waals surface area (Å²) in [6.45, 7) is 2.55. The SMILES string of the molecule is CC1CCC(CNc2cccc(C(F)(F)F)c2)O1. The minimum absolute atomic E-state index is 0.0922. The number of hydrogen-bond donors (Lipinski definition) is 1. The van der Waals surface area contributed by atoms with Crippen molar-refractivity contribution in [2.75, 3.05) is 11.9 Å². The lowest BCUT2D eigenvalue weighted by Crippen LogP contribution is -2.20. The van der Waals surface area contributed by atoms with Crippen molar-refractivity contribution in [3.63, 3.8) is 0 Å². The Hall–Kier alpha value is -1.23. The summed E-state index contributed by atoms with van der Waals surface area (Å²) in [6.07, 6.45) is -1.99. The molecule has 0 radical (unpaired) electrons. The topological polar surface area (TPSA) is 21.3 Å². The summed E-state index contributed by atoms with van der Waals surface area (Å²) in [7, 11) is 0. The van der Waals surface area contributed by atoms with Crippen molar-refractivity contribution in [2.24, 2.45) is 0 Å². The molecule has 18 heavy (non-hydrogen) atoms. The fourth-order valence-electron chi connectivity index (χ4n) is 2.07. The second-order valence-corrected chi connectivity index (χ2v) is 4.61. The van der Waals surface area contributed by atoms with Crippen molar-refractivity contribution >= 4 is 5.69 Å². The summed E-state index contributed by atoms with van der Waals surface area (Å²) >= 11 is 0. The number of anilines is 1. The Morgan fingerprint density at radius 1 is 1.33 bits per heavy atom. The molecule has 5 heteroatoms. The molecule has 1 N–H and O–H groups in total. The molecule has 2 atom stereocenters. The van der Waals surface area contributed by atoms with Crippen LogP contribution in [0.5, 0.6) is 0 Å². The normalized spacial score (nSPS) is 24.2. The quantitative estimate of drug-likeness (QED) is 0.894. The third kappa shape index (κ3) is 3.38. The van der Waals surface area contributed by atoms with Crippen LogP contribution >= 0.6 is 0 Å². The molecule has 1 aromatic rings. The molecule has 100 valence electrons. The van der Waals surface area contributed by atoms with Gasteiger partial charge in [0, 0.05) is 12.2 Å². The van der Waals surface area contributed by atoms with Gasteiger partial charge in [0.15, 0.2) is 0 Å². The van der Waals surface area contributed by atoms with Gasteiger partial charge in [-0.2, -0.15) is 13.2 Å². The molecule has 1 fully saturated rings. The minimum Gasteiger partial charge on any atom is -0.382 e. The first kappa shape index (κ1) is 13.2. The Labute approximate surface area is 104 Å². The maximum Gasteiger partial charge on any atom is 0.416 e. The van der Waals surface area contributed by atoms with Gasteiger partial charge in [0.25, 0.3) is 0 Å². The Balaban J connectivity index is 1.93. The first-order chi connectivity index (χ1) is 8.45. The zero-order chi connectivity index (χ0) is 13.2. The zero-order valence-corrected chi connectivity index (χ0v) is 10.1. The van der Waals surface area contributed by atoms with Gasteiger partial charge in [-0.1, -0.05) is 6.07 Å². The number of alkyl halides is 3. The average molecular weight is 259 g/mol. The summed E-state index contributed by atoms with van der Waals surface area (Å²) in [5, 5.41) is 2.99. The minimum atomic E-state index is -4.30. The molecular weight excluding hydrogens is 243 g/mol. The van der Waals surface area contributed by atoms with Gasteiger partial charge in [-0.15, -0.1) is 0 Å². The van der Waals surface area contributed by atoms with Gasteiger partial charge in [0.1, 0.15) is 0 Å². The molecular formula is C13H16F3NO. The van der Waals surface area contributed by atoms with Gasteiger partial charge in [0.2, 0.25) is 0 Å². The molecule has 1 aliphatic rings. The first-order valence-electron chi connectivity index (χ1n) is 6.02. The van der Waals surface area contributed by atoms with Gasteiger partial charge < -0.3 is 10.1 Å². The molecule has 0 spiro atoms. The van der Waals surface area contributed by atoms with Crippen molar-refractivity contribution < 1.29 is 17.9 Å². The van der Waals surface area contributed by atoms with Crippen LogP contribution in [0.4, 0.5) is 18.9 Å². The second kappa shape index (κ2) is 5.18. The van der Waals surface area contributed by atoms with Gasteiger partial charge >= 0.3 is 6.18 Å². The fraction of sp³-hybridized carbons (Fsp3) is 0.538. The maximum atomic E-state index is 12.5. The number of ether oxygens (including phenoxy) is 1. The van der Waals surface area contributed by atoms with Crippen LogP contribution in [0.1, 0.15) is 25.3 Å². The van der Waals surface area contributed by atoms with E-state index in [1.165, 1.54) is 6.07 Å². The third-order valence-corrected chi connectivity index (χ3v) is 3.04. The van der Waals surface area contributed by atoms with Gasteiger partial charge in [-0.05, 0) is 38.0 Å². The number of halogens is 3. The zero-order valence-electron chi connectivity index (χ0n) is 10.1. The molecule has 0 aromatic heterocycles.